The highest BCUT2D eigenvalue weighted by Crippen LogP contribution is 2.51. The Hall–Kier alpha value is -8.54. The van der Waals surface area contributed by atoms with Crippen molar-refractivity contribution in [2.45, 2.75) is 52.4 Å². The van der Waals surface area contributed by atoms with Gasteiger partial charge in [-0.05, 0) is 45.2 Å². The average Bonchev–Trinajstić information content (AvgIpc) is 3.99. The minimum atomic E-state index is -0.330. The number of anilines is 3. The van der Waals surface area contributed by atoms with Crippen LogP contribution in [0.1, 0.15) is 52.9 Å². The Kier molecular flexibility index (Phi) is 10.6. The van der Waals surface area contributed by atoms with Gasteiger partial charge in [-0.25, -0.2) is 9.97 Å². The number of imidazole rings is 2. The van der Waals surface area contributed by atoms with Crippen LogP contribution in [0.2, 0.25) is 0 Å². The fraction of sp³-hybridized carbons (Fsp3) is 0.121. The van der Waals surface area contributed by atoms with Gasteiger partial charge in [0, 0.05) is 60.9 Å². The molecule has 71 heavy (non-hydrogen) atoms. The molecule has 8 aromatic carbocycles. The van der Waals surface area contributed by atoms with Crippen molar-refractivity contribution in [1.29, 1.82) is 0 Å². The van der Waals surface area contributed by atoms with Crippen LogP contribution < -0.4 is 4.90 Å². The van der Waals surface area contributed by atoms with Crippen LogP contribution in [0.25, 0.3) is 88.7 Å². The summed E-state index contributed by atoms with van der Waals surface area (Å²) in [6.45, 7) is 14.0. The van der Waals surface area contributed by atoms with Gasteiger partial charge >= 0.3 is 0 Å². The standard InChI is InChI=1S/C66H55N5/c1-65(2,3)59-55(46-28-14-8-15-29-46)51-36-22-24-38-53(51)61-67-63(57(70(59)61)48-32-18-10-19-33-48)69(50-42-40-45(41-43-50)44-26-12-7-13-27-44)64-58(49-34-20-11-21-35-49)71-60(66(4,5)6)56(47-30-16-9-17-31-47)52-37-23-25-39-54(52)62(71)68-64/h7-43H,1-6H3. The summed E-state index contributed by atoms with van der Waals surface area (Å²) in [5.74, 6) is 1.57. The lowest BCUT2D eigenvalue weighted by Crippen LogP contribution is -2.20. The monoisotopic (exact) mass is 917 g/mol. The molecule has 0 aliphatic rings. The lowest BCUT2D eigenvalue weighted by Gasteiger charge is -2.29. The van der Waals surface area contributed by atoms with Crippen LogP contribution in [0.5, 0.6) is 0 Å². The molecular weight excluding hydrogens is 863 g/mol. The van der Waals surface area contributed by atoms with Gasteiger partial charge < -0.3 is 0 Å². The van der Waals surface area contributed by atoms with Crippen molar-refractivity contribution in [3.63, 3.8) is 0 Å². The van der Waals surface area contributed by atoms with E-state index in [0.717, 1.165) is 73.0 Å². The first-order valence-electron chi connectivity index (χ1n) is 24.7. The van der Waals surface area contributed by atoms with Gasteiger partial charge in [-0.2, -0.15) is 0 Å². The summed E-state index contributed by atoms with van der Waals surface area (Å²) in [5, 5.41) is 4.49. The van der Waals surface area contributed by atoms with E-state index in [-0.39, 0.29) is 10.8 Å². The largest absolute Gasteiger partial charge is 0.293 e. The van der Waals surface area contributed by atoms with Crippen LogP contribution >= 0.6 is 0 Å². The number of rotatable bonds is 8. The molecule has 0 bridgehead atoms. The zero-order valence-corrected chi connectivity index (χ0v) is 41.1. The number of hydrogen-bond donors (Lipinski definition) is 0. The SMILES string of the molecule is CC(C)(C)c1c(-c2ccccc2)c2ccccc2c2nc(N(c3ccc(-c4ccccc4)cc3)c3nc4c5ccccc5c(-c5ccccc5)c(C(C)(C)C)n4c3-c3ccccc3)c(-c3ccccc3)n12. The molecule has 5 nitrogen and oxygen atoms in total. The van der Waals surface area contributed by atoms with E-state index in [4.69, 9.17) is 9.97 Å². The minimum Gasteiger partial charge on any atom is -0.293 e. The van der Waals surface area contributed by atoms with Crippen LogP contribution in [0.15, 0.2) is 224 Å². The van der Waals surface area contributed by atoms with Crippen LogP contribution in [0.4, 0.5) is 17.3 Å². The Labute approximate surface area is 416 Å². The molecule has 12 aromatic rings. The van der Waals surface area contributed by atoms with Gasteiger partial charge in [0.25, 0.3) is 0 Å². The van der Waals surface area contributed by atoms with Gasteiger partial charge in [-0.3, -0.25) is 13.7 Å². The molecule has 0 radical (unpaired) electrons. The highest BCUT2D eigenvalue weighted by molar-refractivity contribution is 6.09. The minimum absolute atomic E-state index is 0.330. The molecule has 0 aliphatic carbocycles. The van der Waals surface area contributed by atoms with E-state index in [1.807, 2.05) is 0 Å². The summed E-state index contributed by atoms with van der Waals surface area (Å²) in [6.07, 6.45) is 0. The van der Waals surface area contributed by atoms with Crippen LogP contribution in [0.3, 0.4) is 0 Å². The van der Waals surface area contributed by atoms with Gasteiger partial charge in [-0.1, -0.05) is 254 Å². The van der Waals surface area contributed by atoms with Gasteiger partial charge in [0.15, 0.2) is 11.6 Å². The summed E-state index contributed by atoms with van der Waals surface area (Å²) in [6, 6.07) is 80.6. The molecule has 4 heterocycles. The predicted molar refractivity (Wildman–Crippen MR) is 298 cm³/mol. The molecule has 0 spiro atoms. The first-order chi connectivity index (χ1) is 34.6. The van der Waals surface area contributed by atoms with Crippen molar-refractivity contribution in [3.05, 3.63) is 236 Å². The molecule has 0 saturated carbocycles. The molecule has 0 aliphatic heterocycles. The van der Waals surface area contributed by atoms with E-state index in [0.29, 0.717) is 0 Å². The van der Waals surface area contributed by atoms with Crippen molar-refractivity contribution in [2.24, 2.45) is 0 Å². The van der Waals surface area contributed by atoms with Crippen LogP contribution in [-0.4, -0.2) is 18.8 Å². The topological polar surface area (TPSA) is 37.8 Å². The molecule has 4 aromatic heterocycles. The Morgan fingerprint density at radius 2 is 0.606 bits per heavy atom. The normalized spacial score (nSPS) is 12.1. The maximum absolute atomic E-state index is 6.00. The van der Waals surface area contributed by atoms with E-state index in [1.165, 1.54) is 44.4 Å². The molecule has 344 valence electrons. The smallest absolute Gasteiger partial charge is 0.166 e. The fourth-order valence-electron chi connectivity index (χ4n) is 10.9. The van der Waals surface area contributed by atoms with Crippen molar-refractivity contribution >= 4 is 50.2 Å². The zero-order chi connectivity index (χ0) is 48.4. The Bertz CT molecular complexity index is 3680. The highest BCUT2D eigenvalue weighted by atomic mass is 15.3. The van der Waals surface area contributed by atoms with E-state index < -0.39 is 0 Å². The third-order valence-electron chi connectivity index (χ3n) is 13.8. The molecule has 0 N–H and O–H groups in total. The number of hydrogen-bond acceptors (Lipinski definition) is 3. The highest BCUT2D eigenvalue weighted by Gasteiger charge is 2.36. The quantitative estimate of drug-likeness (QED) is 0.152. The second-order valence-corrected chi connectivity index (χ2v) is 20.6. The lowest BCUT2D eigenvalue weighted by atomic mass is 9.83. The first-order valence-corrected chi connectivity index (χ1v) is 24.7. The van der Waals surface area contributed by atoms with Gasteiger partial charge in [0.1, 0.15) is 11.3 Å². The Morgan fingerprint density at radius 3 is 0.958 bits per heavy atom. The Balaban J connectivity index is 1.30. The summed E-state index contributed by atoms with van der Waals surface area (Å²) in [7, 11) is 0. The van der Waals surface area contributed by atoms with Gasteiger partial charge in [0.05, 0.1) is 11.4 Å². The number of nitrogens with zero attached hydrogens (tertiary/aromatic N) is 5. The second kappa shape index (κ2) is 17.1. The maximum atomic E-state index is 6.00. The molecule has 0 amide bonds. The van der Waals surface area contributed by atoms with Crippen molar-refractivity contribution in [2.75, 3.05) is 4.90 Å². The molecule has 0 unspecified atom stereocenters. The molecular formula is C66H55N5. The second-order valence-electron chi connectivity index (χ2n) is 20.6. The number of aromatic nitrogens is 4. The molecule has 0 saturated heterocycles. The van der Waals surface area contributed by atoms with E-state index in [2.05, 4.69) is 280 Å². The summed E-state index contributed by atoms with van der Waals surface area (Å²) < 4.78 is 4.95. The zero-order valence-electron chi connectivity index (χ0n) is 41.1. The predicted octanol–water partition coefficient (Wildman–Crippen LogP) is 17.7. The molecule has 0 fully saturated rings. The number of pyridine rings is 2. The van der Waals surface area contributed by atoms with Crippen molar-refractivity contribution in [1.82, 2.24) is 18.8 Å². The molecule has 0 atom stereocenters. The fourth-order valence-corrected chi connectivity index (χ4v) is 10.9. The number of benzene rings is 8. The van der Waals surface area contributed by atoms with E-state index >= 15 is 0 Å². The average molecular weight is 918 g/mol. The molecule has 12 rings (SSSR count). The van der Waals surface area contributed by atoms with Crippen molar-refractivity contribution < 1.29 is 0 Å². The third kappa shape index (κ3) is 7.39. The summed E-state index contributed by atoms with van der Waals surface area (Å²) in [5.41, 5.74) is 15.5. The first kappa shape index (κ1) is 43.7. The number of fused-ring (bicyclic) bond motifs is 6. The summed E-state index contributed by atoms with van der Waals surface area (Å²) in [4.78, 5) is 14.4. The third-order valence-corrected chi connectivity index (χ3v) is 13.8. The van der Waals surface area contributed by atoms with Crippen molar-refractivity contribution in [3.8, 4) is 55.9 Å². The summed E-state index contributed by atoms with van der Waals surface area (Å²) >= 11 is 0. The van der Waals surface area contributed by atoms with Gasteiger partial charge in [-0.15, -0.1) is 0 Å². The van der Waals surface area contributed by atoms with Crippen LogP contribution in [0, 0.1) is 0 Å². The Morgan fingerprint density at radius 1 is 0.310 bits per heavy atom. The lowest BCUT2D eigenvalue weighted by molar-refractivity contribution is 0.564. The molecule has 5 heteroatoms. The maximum Gasteiger partial charge on any atom is 0.166 e. The van der Waals surface area contributed by atoms with Crippen LogP contribution in [-0.2, 0) is 10.8 Å². The van der Waals surface area contributed by atoms with E-state index in [9.17, 15) is 0 Å². The van der Waals surface area contributed by atoms with E-state index in [1.54, 1.807) is 0 Å². The van der Waals surface area contributed by atoms with Gasteiger partial charge in [0.2, 0.25) is 0 Å².